The van der Waals surface area contributed by atoms with Gasteiger partial charge in [-0.15, -0.1) is 0 Å². The lowest BCUT2D eigenvalue weighted by atomic mass is 10.0. The molecule has 1 saturated heterocycles. The minimum Gasteiger partial charge on any atom is -0.494 e. The molecule has 4 rings (SSSR count). The van der Waals surface area contributed by atoms with E-state index in [4.69, 9.17) is 4.74 Å². The van der Waals surface area contributed by atoms with Crippen molar-refractivity contribution in [1.82, 2.24) is 9.29 Å². The number of hydrogen-bond acceptors (Lipinski definition) is 6. The molecule has 2 heterocycles. The summed E-state index contributed by atoms with van der Waals surface area (Å²) >= 11 is 1.38. The van der Waals surface area contributed by atoms with Crippen LogP contribution < -0.4 is 10.1 Å². The van der Waals surface area contributed by atoms with E-state index in [1.165, 1.54) is 39.9 Å². The average Bonchev–Trinajstić information content (AvgIpc) is 3.18. The maximum absolute atomic E-state index is 12.9. The van der Waals surface area contributed by atoms with Gasteiger partial charge in [0, 0.05) is 18.7 Å². The number of anilines is 1. The van der Waals surface area contributed by atoms with E-state index in [1.54, 1.807) is 7.11 Å². The number of nitrogens with zero attached hydrogens (tertiary/aromatic N) is 2. The third-order valence-electron chi connectivity index (χ3n) is 5.52. The van der Waals surface area contributed by atoms with Crippen LogP contribution in [0.3, 0.4) is 0 Å². The number of fused-ring (bicyclic) bond motifs is 1. The predicted molar refractivity (Wildman–Crippen MR) is 122 cm³/mol. The number of nitrogens with one attached hydrogen (secondary N) is 1. The van der Waals surface area contributed by atoms with Gasteiger partial charge in [-0.3, -0.25) is 10.1 Å². The van der Waals surface area contributed by atoms with Crippen molar-refractivity contribution in [2.75, 3.05) is 25.5 Å². The van der Waals surface area contributed by atoms with Crippen LogP contribution in [0.4, 0.5) is 5.13 Å². The Bertz CT molecular complexity index is 1220. The third kappa shape index (κ3) is 4.30. The topological polar surface area (TPSA) is 88.6 Å². The van der Waals surface area contributed by atoms with Gasteiger partial charge >= 0.3 is 0 Å². The van der Waals surface area contributed by atoms with Crippen LogP contribution in [0.15, 0.2) is 41.3 Å². The van der Waals surface area contributed by atoms with Gasteiger partial charge in [0.15, 0.2) is 5.13 Å². The smallest absolute Gasteiger partial charge is 0.257 e. The Morgan fingerprint density at radius 3 is 2.65 bits per heavy atom. The first kappa shape index (κ1) is 21.7. The third-order valence-corrected chi connectivity index (χ3v) is 8.50. The summed E-state index contributed by atoms with van der Waals surface area (Å²) in [5.41, 5.74) is 2.13. The lowest BCUT2D eigenvalue weighted by molar-refractivity contribution is 0.102. The molecule has 1 aliphatic heterocycles. The molecule has 9 heteroatoms. The van der Waals surface area contributed by atoms with E-state index in [1.807, 2.05) is 19.1 Å². The van der Waals surface area contributed by atoms with E-state index in [0.717, 1.165) is 23.1 Å². The van der Waals surface area contributed by atoms with Gasteiger partial charge < -0.3 is 4.74 Å². The van der Waals surface area contributed by atoms with Crippen LogP contribution in [-0.2, 0) is 10.0 Å². The lowest BCUT2D eigenvalue weighted by Crippen LogP contribution is -2.39. The monoisotopic (exact) mass is 459 g/mol. The molecule has 1 fully saturated rings. The first-order valence-electron chi connectivity index (χ1n) is 10.2. The van der Waals surface area contributed by atoms with E-state index < -0.39 is 10.0 Å². The second-order valence-corrected chi connectivity index (χ2v) is 10.8. The van der Waals surface area contributed by atoms with Crippen molar-refractivity contribution >= 4 is 42.6 Å². The van der Waals surface area contributed by atoms with E-state index >= 15 is 0 Å². The highest BCUT2D eigenvalue weighted by Crippen LogP contribution is 2.35. The fraction of sp³-hybridized carbons (Fsp3) is 0.364. The molecule has 3 aromatic rings. The molecule has 164 valence electrons. The number of benzene rings is 2. The summed E-state index contributed by atoms with van der Waals surface area (Å²) in [6.45, 7) is 5.11. The van der Waals surface area contributed by atoms with Crippen molar-refractivity contribution in [2.24, 2.45) is 5.92 Å². The first-order chi connectivity index (χ1) is 14.8. The van der Waals surface area contributed by atoms with Crippen molar-refractivity contribution < 1.29 is 17.9 Å². The van der Waals surface area contributed by atoms with Crippen LogP contribution in [0.1, 0.15) is 35.7 Å². The summed E-state index contributed by atoms with van der Waals surface area (Å²) in [5.74, 6) is 0.662. The molecule has 0 spiro atoms. The van der Waals surface area contributed by atoms with Gasteiger partial charge in [-0.1, -0.05) is 24.3 Å². The molecule has 0 bridgehead atoms. The second kappa shape index (κ2) is 8.57. The molecule has 0 saturated carbocycles. The summed E-state index contributed by atoms with van der Waals surface area (Å²) in [4.78, 5) is 17.4. The van der Waals surface area contributed by atoms with Gasteiger partial charge in [-0.2, -0.15) is 4.31 Å². The quantitative estimate of drug-likeness (QED) is 0.615. The SMILES string of the molecule is COc1ccc(C)c2sc(NC(=O)c3ccc(S(=O)(=O)N4CCC[C@H](C)C4)cc3)nc12. The highest BCUT2D eigenvalue weighted by Gasteiger charge is 2.28. The fourth-order valence-corrected chi connectivity index (χ4v) is 6.33. The molecule has 7 nitrogen and oxygen atoms in total. The van der Waals surface area contributed by atoms with Gasteiger partial charge in [-0.05, 0) is 61.6 Å². The summed E-state index contributed by atoms with van der Waals surface area (Å²) < 4.78 is 33.6. The lowest BCUT2D eigenvalue weighted by Gasteiger charge is -2.30. The first-order valence-corrected chi connectivity index (χ1v) is 12.4. The fourth-order valence-electron chi connectivity index (χ4n) is 3.79. The Balaban J connectivity index is 1.52. The van der Waals surface area contributed by atoms with Crippen LogP contribution in [0, 0.1) is 12.8 Å². The molecule has 1 N–H and O–H groups in total. The number of ether oxygens (including phenoxy) is 1. The van der Waals surface area contributed by atoms with Gasteiger partial charge in [-0.25, -0.2) is 13.4 Å². The Morgan fingerprint density at radius 2 is 1.97 bits per heavy atom. The summed E-state index contributed by atoms with van der Waals surface area (Å²) in [6.07, 6.45) is 1.91. The largest absolute Gasteiger partial charge is 0.494 e. The van der Waals surface area contributed by atoms with Crippen LogP contribution in [-0.4, -0.2) is 43.8 Å². The molecule has 31 heavy (non-hydrogen) atoms. The normalized spacial score (nSPS) is 17.6. The highest BCUT2D eigenvalue weighted by atomic mass is 32.2. The Kier molecular flexibility index (Phi) is 6.00. The predicted octanol–water partition coefficient (Wildman–Crippen LogP) is 4.29. The Morgan fingerprint density at radius 1 is 1.23 bits per heavy atom. The Labute approximate surface area is 186 Å². The maximum Gasteiger partial charge on any atom is 0.257 e. The van der Waals surface area contributed by atoms with Crippen LogP contribution in [0.25, 0.3) is 10.2 Å². The molecule has 1 amide bonds. The zero-order chi connectivity index (χ0) is 22.2. The van der Waals surface area contributed by atoms with Crippen molar-refractivity contribution in [3.8, 4) is 5.75 Å². The van der Waals surface area contributed by atoms with Gasteiger partial charge in [0.1, 0.15) is 11.3 Å². The highest BCUT2D eigenvalue weighted by molar-refractivity contribution is 7.89. The van der Waals surface area contributed by atoms with E-state index in [0.29, 0.717) is 41.0 Å². The minimum atomic E-state index is -3.55. The number of amides is 1. The van der Waals surface area contributed by atoms with Crippen molar-refractivity contribution in [3.63, 3.8) is 0 Å². The summed E-state index contributed by atoms with van der Waals surface area (Å²) in [5, 5.41) is 3.27. The molecule has 1 aromatic heterocycles. The van der Waals surface area contributed by atoms with Crippen molar-refractivity contribution in [3.05, 3.63) is 47.5 Å². The number of hydrogen-bond donors (Lipinski definition) is 1. The van der Waals surface area contributed by atoms with E-state index in [9.17, 15) is 13.2 Å². The molecule has 2 aromatic carbocycles. The maximum atomic E-state index is 12.9. The van der Waals surface area contributed by atoms with Crippen molar-refractivity contribution in [2.45, 2.75) is 31.6 Å². The molecule has 0 unspecified atom stereocenters. The minimum absolute atomic E-state index is 0.207. The molecular formula is C22H25N3O4S2. The average molecular weight is 460 g/mol. The van der Waals surface area contributed by atoms with Crippen LogP contribution in [0.2, 0.25) is 0 Å². The van der Waals surface area contributed by atoms with Gasteiger partial charge in [0.2, 0.25) is 10.0 Å². The van der Waals surface area contributed by atoms with Crippen LogP contribution >= 0.6 is 11.3 Å². The van der Waals surface area contributed by atoms with E-state index in [2.05, 4.69) is 17.2 Å². The zero-order valence-electron chi connectivity index (χ0n) is 17.7. The summed E-state index contributed by atoms with van der Waals surface area (Å²) in [6, 6.07) is 9.87. The standard InChI is InChI=1S/C22H25N3O4S2/c1-14-5-4-12-25(13-14)31(27,28)17-9-7-16(8-10-17)21(26)24-22-23-19-18(29-3)11-6-15(2)20(19)30-22/h6-11,14H,4-5,12-13H2,1-3H3,(H,23,24,26)/t14-/m0/s1. The molecule has 1 atom stereocenters. The second-order valence-electron chi connectivity index (χ2n) is 7.87. The number of rotatable bonds is 5. The number of methoxy groups -OCH3 is 1. The number of piperidine rings is 1. The Hall–Kier alpha value is -2.49. The van der Waals surface area contributed by atoms with Gasteiger partial charge in [0.25, 0.3) is 5.91 Å². The number of aromatic nitrogens is 1. The molecule has 0 radical (unpaired) electrons. The number of carbonyl (C=O) groups excluding carboxylic acids is 1. The number of carbonyl (C=O) groups is 1. The molecule has 0 aliphatic carbocycles. The number of aryl methyl sites for hydroxylation is 1. The summed E-state index contributed by atoms with van der Waals surface area (Å²) in [7, 11) is -1.96. The zero-order valence-corrected chi connectivity index (χ0v) is 19.3. The van der Waals surface area contributed by atoms with E-state index in [-0.39, 0.29) is 10.8 Å². The van der Waals surface area contributed by atoms with Crippen molar-refractivity contribution in [1.29, 1.82) is 0 Å². The van der Waals surface area contributed by atoms with Crippen LogP contribution in [0.5, 0.6) is 5.75 Å². The molecule has 1 aliphatic rings. The number of thiazole rings is 1. The number of sulfonamides is 1. The van der Waals surface area contributed by atoms with Gasteiger partial charge in [0.05, 0.1) is 16.7 Å². The molecular weight excluding hydrogens is 434 g/mol.